The topological polar surface area (TPSA) is 29.5 Å². The Kier molecular flexibility index (Phi) is 9.99. The molecule has 4 heteroatoms. The van der Waals surface area contributed by atoms with Crippen LogP contribution in [0.4, 0.5) is 4.39 Å². The van der Waals surface area contributed by atoms with Gasteiger partial charge in [-0.2, -0.15) is 0 Å². The van der Waals surface area contributed by atoms with Gasteiger partial charge in [-0.25, -0.2) is 4.39 Å². The molecule has 0 rings (SSSR count). The van der Waals surface area contributed by atoms with Crippen LogP contribution in [0.5, 0.6) is 0 Å². The maximum atomic E-state index is 13.9. The SMILES string of the molecule is CCCCCCCC[C@H](F)[C@H](O)CO[Si](C)(C)C(C)(C)C. The van der Waals surface area contributed by atoms with E-state index in [9.17, 15) is 9.50 Å². The Morgan fingerprint density at radius 3 is 2.10 bits per heavy atom. The van der Waals surface area contributed by atoms with Gasteiger partial charge >= 0.3 is 0 Å². The van der Waals surface area contributed by atoms with Gasteiger partial charge in [0.05, 0.1) is 6.61 Å². The van der Waals surface area contributed by atoms with Crippen LogP contribution in [-0.4, -0.2) is 32.3 Å². The van der Waals surface area contributed by atoms with Crippen molar-refractivity contribution in [2.75, 3.05) is 6.61 Å². The highest BCUT2D eigenvalue weighted by Gasteiger charge is 2.38. The molecule has 0 aliphatic carbocycles. The van der Waals surface area contributed by atoms with E-state index < -0.39 is 20.6 Å². The predicted octanol–water partition coefficient (Wildman–Crippen LogP) is 5.46. The van der Waals surface area contributed by atoms with Crippen LogP contribution in [-0.2, 0) is 4.43 Å². The fraction of sp³-hybridized carbons (Fsp3) is 1.00. The minimum Gasteiger partial charge on any atom is -0.414 e. The van der Waals surface area contributed by atoms with Crippen LogP contribution in [0.15, 0.2) is 0 Å². The maximum Gasteiger partial charge on any atom is 0.192 e. The second kappa shape index (κ2) is 9.96. The zero-order valence-corrected chi connectivity index (χ0v) is 16.0. The summed E-state index contributed by atoms with van der Waals surface area (Å²) in [6, 6.07) is 0. The second-order valence-corrected chi connectivity index (χ2v) is 12.5. The highest BCUT2D eigenvalue weighted by molar-refractivity contribution is 6.74. The van der Waals surface area contributed by atoms with E-state index in [1.807, 2.05) is 0 Å². The molecule has 0 amide bonds. The molecule has 0 radical (unpaired) electrons. The predicted molar refractivity (Wildman–Crippen MR) is 92.0 cm³/mol. The van der Waals surface area contributed by atoms with Gasteiger partial charge in [-0.05, 0) is 24.6 Å². The van der Waals surface area contributed by atoms with Crippen molar-refractivity contribution in [1.29, 1.82) is 0 Å². The first-order valence-electron chi connectivity index (χ1n) is 8.58. The van der Waals surface area contributed by atoms with E-state index in [2.05, 4.69) is 40.8 Å². The summed E-state index contributed by atoms with van der Waals surface area (Å²) in [6.45, 7) is 13.0. The average Bonchev–Trinajstić information content (AvgIpc) is 2.38. The molecule has 0 heterocycles. The van der Waals surface area contributed by atoms with Crippen molar-refractivity contribution < 1.29 is 13.9 Å². The van der Waals surface area contributed by atoms with E-state index >= 15 is 0 Å². The van der Waals surface area contributed by atoms with Gasteiger partial charge in [0, 0.05) is 0 Å². The Morgan fingerprint density at radius 2 is 1.57 bits per heavy atom. The summed E-state index contributed by atoms with van der Waals surface area (Å²) in [4.78, 5) is 0. The first kappa shape index (κ1) is 21.1. The molecule has 21 heavy (non-hydrogen) atoms. The lowest BCUT2D eigenvalue weighted by Gasteiger charge is -2.37. The van der Waals surface area contributed by atoms with Crippen LogP contribution < -0.4 is 0 Å². The van der Waals surface area contributed by atoms with Gasteiger partial charge in [0.1, 0.15) is 12.3 Å². The van der Waals surface area contributed by atoms with Crippen molar-refractivity contribution in [1.82, 2.24) is 0 Å². The molecule has 2 atom stereocenters. The fourth-order valence-electron chi connectivity index (χ4n) is 1.93. The lowest BCUT2D eigenvalue weighted by atomic mass is 10.1. The van der Waals surface area contributed by atoms with E-state index in [1.165, 1.54) is 25.7 Å². The summed E-state index contributed by atoms with van der Waals surface area (Å²) in [5.41, 5.74) is 0. The molecule has 0 aromatic rings. The molecule has 0 fully saturated rings. The molecule has 0 saturated carbocycles. The molecular formula is C17H37FO2Si. The summed E-state index contributed by atoms with van der Waals surface area (Å²) in [5, 5.41) is 10.0. The number of hydrogen-bond donors (Lipinski definition) is 1. The standard InChI is InChI=1S/C17H37FO2Si/c1-7-8-9-10-11-12-13-15(18)16(19)14-20-21(5,6)17(2,3)4/h15-16,19H,7-14H2,1-6H3/t15-,16+/m0/s1. The molecule has 0 bridgehead atoms. The number of halogens is 1. The van der Waals surface area contributed by atoms with Crippen LogP contribution in [0.3, 0.4) is 0 Å². The first-order chi connectivity index (χ1) is 9.62. The molecular weight excluding hydrogens is 283 g/mol. The number of aliphatic hydroxyl groups excluding tert-OH is 1. The second-order valence-electron chi connectivity index (χ2n) is 7.71. The molecule has 0 saturated heterocycles. The van der Waals surface area contributed by atoms with Crippen molar-refractivity contribution in [3.63, 3.8) is 0 Å². The smallest absolute Gasteiger partial charge is 0.192 e. The average molecular weight is 321 g/mol. The third-order valence-corrected chi connectivity index (χ3v) is 9.17. The van der Waals surface area contributed by atoms with Crippen molar-refractivity contribution in [2.24, 2.45) is 0 Å². The third kappa shape index (κ3) is 8.94. The van der Waals surface area contributed by atoms with Crippen molar-refractivity contribution >= 4 is 8.32 Å². The Hall–Kier alpha value is 0.0669. The van der Waals surface area contributed by atoms with Crippen LogP contribution in [0.2, 0.25) is 18.1 Å². The van der Waals surface area contributed by atoms with Crippen molar-refractivity contribution in [2.45, 2.75) is 103 Å². The number of aliphatic hydroxyl groups is 1. The molecule has 0 aliphatic rings. The molecule has 0 aliphatic heterocycles. The van der Waals surface area contributed by atoms with Gasteiger partial charge in [0.25, 0.3) is 0 Å². The van der Waals surface area contributed by atoms with E-state index in [0.29, 0.717) is 6.42 Å². The molecule has 0 spiro atoms. The summed E-state index contributed by atoms with van der Waals surface area (Å²) >= 11 is 0. The summed E-state index contributed by atoms with van der Waals surface area (Å²) in [6.07, 6.45) is 5.17. The van der Waals surface area contributed by atoms with Crippen LogP contribution >= 0.6 is 0 Å². The molecule has 0 unspecified atom stereocenters. The Balaban J connectivity index is 3.87. The molecule has 0 aromatic heterocycles. The molecule has 1 N–H and O–H groups in total. The third-order valence-electron chi connectivity index (χ3n) is 4.67. The van der Waals surface area contributed by atoms with E-state index in [1.54, 1.807) is 0 Å². The maximum absolute atomic E-state index is 13.9. The van der Waals surface area contributed by atoms with Crippen molar-refractivity contribution in [3.05, 3.63) is 0 Å². The van der Waals surface area contributed by atoms with Gasteiger partial charge in [-0.1, -0.05) is 66.2 Å². The lowest BCUT2D eigenvalue weighted by Crippen LogP contribution is -2.43. The van der Waals surface area contributed by atoms with Gasteiger partial charge in [0.15, 0.2) is 8.32 Å². The van der Waals surface area contributed by atoms with Crippen LogP contribution in [0, 0.1) is 0 Å². The monoisotopic (exact) mass is 320 g/mol. The van der Waals surface area contributed by atoms with E-state index in [4.69, 9.17) is 4.43 Å². The molecule has 0 aromatic carbocycles. The minimum absolute atomic E-state index is 0.0950. The molecule has 2 nitrogen and oxygen atoms in total. The zero-order chi connectivity index (χ0) is 16.5. The lowest BCUT2D eigenvalue weighted by molar-refractivity contribution is 0.0280. The Bertz CT molecular complexity index is 264. The highest BCUT2D eigenvalue weighted by atomic mass is 28.4. The van der Waals surface area contributed by atoms with Crippen LogP contribution in [0.1, 0.15) is 72.6 Å². The van der Waals surface area contributed by atoms with Gasteiger partial charge in [-0.15, -0.1) is 0 Å². The van der Waals surface area contributed by atoms with Crippen molar-refractivity contribution in [3.8, 4) is 0 Å². The quantitative estimate of drug-likeness (QED) is 0.405. The number of alkyl halides is 1. The Labute approximate surface area is 132 Å². The van der Waals surface area contributed by atoms with Gasteiger partial charge in [0.2, 0.25) is 0 Å². The van der Waals surface area contributed by atoms with Gasteiger partial charge < -0.3 is 9.53 Å². The summed E-state index contributed by atoms with van der Waals surface area (Å²) < 4.78 is 19.8. The highest BCUT2D eigenvalue weighted by Crippen LogP contribution is 2.36. The largest absolute Gasteiger partial charge is 0.414 e. The first-order valence-corrected chi connectivity index (χ1v) is 11.5. The Morgan fingerprint density at radius 1 is 1.05 bits per heavy atom. The van der Waals surface area contributed by atoms with Gasteiger partial charge in [-0.3, -0.25) is 0 Å². The summed E-state index contributed by atoms with van der Waals surface area (Å²) in [7, 11) is -1.89. The number of hydrogen-bond acceptors (Lipinski definition) is 2. The summed E-state index contributed by atoms with van der Waals surface area (Å²) in [5.74, 6) is 0. The minimum atomic E-state index is -1.89. The van der Waals surface area contributed by atoms with E-state index in [0.717, 1.165) is 12.8 Å². The van der Waals surface area contributed by atoms with Crippen LogP contribution in [0.25, 0.3) is 0 Å². The number of unbranched alkanes of at least 4 members (excludes halogenated alkanes) is 5. The zero-order valence-electron chi connectivity index (χ0n) is 15.0. The van der Waals surface area contributed by atoms with E-state index in [-0.39, 0.29) is 11.6 Å². The fourth-order valence-corrected chi connectivity index (χ4v) is 2.95. The normalized spacial score (nSPS) is 16.0. The molecule has 128 valence electrons. The number of rotatable bonds is 11.